The Kier molecular flexibility index (Phi) is 2.87. The summed E-state index contributed by atoms with van der Waals surface area (Å²) in [7, 11) is 0. The number of aryl methyl sites for hydroxylation is 1. The topological polar surface area (TPSA) is 82.5 Å². The molecule has 0 unspecified atom stereocenters. The van der Waals surface area contributed by atoms with Crippen LogP contribution < -0.4 is 5.84 Å². The first-order valence-corrected chi connectivity index (χ1v) is 5.60. The lowest BCUT2D eigenvalue weighted by Crippen LogP contribution is -2.11. The molecule has 0 amide bonds. The minimum atomic E-state index is 0.565. The van der Waals surface area contributed by atoms with Gasteiger partial charge in [0.15, 0.2) is 5.16 Å². The van der Waals surface area contributed by atoms with Crippen molar-refractivity contribution in [2.24, 2.45) is 0 Å². The molecular weight excluding hydrogens is 280 g/mol. The van der Waals surface area contributed by atoms with Crippen LogP contribution in [0.3, 0.4) is 0 Å². The fourth-order valence-corrected chi connectivity index (χ4v) is 1.75. The predicted molar refractivity (Wildman–Crippen MR) is 58.8 cm³/mol. The Morgan fingerprint density at radius 1 is 1.33 bits per heavy atom. The van der Waals surface area contributed by atoms with Crippen molar-refractivity contribution in [3.63, 3.8) is 0 Å². The van der Waals surface area contributed by atoms with E-state index in [2.05, 4.69) is 36.1 Å². The number of nitrogens with two attached hydrogens (primary N) is 1. The summed E-state index contributed by atoms with van der Waals surface area (Å²) in [5, 5.41) is 8.87. The van der Waals surface area contributed by atoms with Crippen molar-refractivity contribution in [2.45, 2.75) is 17.2 Å². The molecule has 2 aromatic heterocycles. The van der Waals surface area contributed by atoms with Gasteiger partial charge in [0.25, 0.3) is 0 Å². The zero-order valence-corrected chi connectivity index (χ0v) is 10.2. The summed E-state index contributed by atoms with van der Waals surface area (Å²) in [6, 6.07) is 0. The van der Waals surface area contributed by atoms with Crippen LogP contribution in [0.2, 0.25) is 0 Å². The van der Waals surface area contributed by atoms with Gasteiger partial charge in [0.2, 0.25) is 5.16 Å². The molecule has 0 aliphatic rings. The van der Waals surface area contributed by atoms with Gasteiger partial charge in [0.05, 0.1) is 4.47 Å². The van der Waals surface area contributed by atoms with Gasteiger partial charge in [0.1, 0.15) is 5.82 Å². The third-order valence-corrected chi connectivity index (χ3v) is 2.88. The third-order valence-electron chi connectivity index (χ3n) is 1.61. The molecule has 2 N–H and O–H groups in total. The SMILES string of the molecule is Cc1nnc(Sc2ncc(Br)cn2)n1N. The van der Waals surface area contributed by atoms with E-state index in [4.69, 9.17) is 5.84 Å². The number of rotatable bonds is 2. The van der Waals surface area contributed by atoms with E-state index < -0.39 is 0 Å². The second-order valence-electron chi connectivity index (χ2n) is 2.69. The highest BCUT2D eigenvalue weighted by Gasteiger charge is 2.09. The van der Waals surface area contributed by atoms with Crippen LogP contribution >= 0.6 is 27.7 Å². The fraction of sp³-hybridized carbons (Fsp3) is 0.143. The molecule has 2 heterocycles. The first kappa shape index (κ1) is 10.4. The van der Waals surface area contributed by atoms with Crippen molar-refractivity contribution in [3.8, 4) is 0 Å². The molecule has 15 heavy (non-hydrogen) atoms. The van der Waals surface area contributed by atoms with Crippen molar-refractivity contribution < 1.29 is 0 Å². The summed E-state index contributed by atoms with van der Waals surface area (Å²) in [5.41, 5.74) is 0. The van der Waals surface area contributed by atoms with Crippen LogP contribution in [0.25, 0.3) is 0 Å². The highest BCUT2D eigenvalue weighted by Crippen LogP contribution is 2.21. The monoisotopic (exact) mass is 286 g/mol. The third kappa shape index (κ3) is 2.26. The van der Waals surface area contributed by atoms with E-state index in [1.807, 2.05) is 0 Å². The first-order chi connectivity index (χ1) is 7.16. The van der Waals surface area contributed by atoms with E-state index in [0.717, 1.165) is 4.47 Å². The van der Waals surface area contributed by atoms with Crippen LogP contribution in [0.5, 0.6) is 0 Å². The summed E-state index contributed by atoms with van der Waals surface area (Å²) in [4.78, 5) is 8.18. The standard InChI is InChI=1S/C7H7BrN6S/c1-4-12-13-7(14(4)9)15-6-10-2-5(8)3-11-6/h2-3H,9H2,1H3. The smallest absolute Gasteiger partial charge is 0.217 e. The van der Waals surface area contributed by atoms with Crippen molar-refractivity contribution in [2.75, 3.05) is 5.84 Å². The fourth-order valence-electron chi connectivity index (χ4n) is 0.854. The van der Waals surface area contributed by atoms with Gasteiger partial charge in [-0.2, -0.15) is 0 Å². The molecule has 0 aliphatic carbocycles. The van der Waals surface area contributed by atoms with Crippen LogP contribution in [0.1, 0.15) is 5.82 Å². The predicted octanol–water partition coefficient (Wildman–Crippen LogP) is 1.00. The first-order valence-electron chi connectivity index (χ1n) is 3.99. The molecule has 0 saturated heterocycles. The number of hydrogen-bond donors (Lipinski definition) is 1. The molecular formula is C7H7BrN6S. The summed E-state index contributed by atoms with van der Waals surface area (Å²) in [6.45, 7) is 1.78. The van der Waals surface area contributed by atoms with Gasteiger partial charge in [0, 0.05) is 12.4 Å². The van der Waals surface area contributed by atoms with Crippen LogP contribution in [-0.4, -0.2) is 24.8 Å². The van der Waals surface area contributed by atoms with Crippen molar-refractivity contribution in [3.05, 3.63) is 22.7 Å². The maximum absolute atomic E-state index is 5.69. The normalized spacial score (nSPS) is 10.5. The van der Waals surface area contributed by atoms with Gasteiger partial charge < -0.3 is 5.84 Å². The molecule has 6 nitrogen and oxygen atoms in total. The van der Waals surface area contributed by atoms with Crippen LogP contribution in [0.15, 0.2) is 27.2 Å². The molecule has 0 atom stereocenters. The second-order valence-corrected chi connectivity index (χ2v) is 4.54. The van der Waals surface area contributed by atoms with E-state index >= 15 is 0 Å². The Hall–Kier alpha value is -1.15. The zero-order valence-electron chi connectivity index (χ0n) is 7.75. The van der Waals surface area contributed by atoms with Gasteiger partial charge in [-0.3, -0.25) is 0 Å². The highest BCUT2D eigenvalue weighted by atomic mass is 79.9. The zero-order chi connectivity index (χ0) is 10.8. The number of nitrogens with zero attached hydrogens (tertiary/aromatic N) is 5. The van der Waals surface area contributed by atoms with Crippen molar-refractivity contribution in [1.82, 2.24) is 24.8 Å². The van der Waals surface area contributed by atoms with E-state index in [-0.39, 0.29) is 0 Å². The Morgan fingerprint density at radius 3 is 2.53 bits per heavy atom. The minimum Gasteiger partial charge on any atom is -0.336 e. The average Bonchev–Trinajstić information content (AvgIpc) is 2.53. The number of nitrogen functional groups attached to an aromatic ring is 1. The second kappa shape index (κ2) is 4.15. The number of aromatic nitrogens is 5. The van der Waals surface area contributed by atoms with Gasteiger partial charge in [-0.05, 0) is 34.6 Å². The lowest BCUT2D eigenvalue weighted by atomic mass is 10.7. The quantitative estimate of drug-likeness (QED) is 0.655. The molecule has 78 valence electrons. The van der Waals surface area contributed by atoms with E-state index in [9.17, 15) is 0 Å². The number of hydrogen-bond acceptors (Lipinski definition) is 6. The van der Waals surface area contributed by atoms with Crippen molar-refractivity contribution >= 4 is 27.7 Å². The average molecular weight is 287 g/mol. The Bertz CT molecular complexity index is 467. The van der Waals surface area contributed by atoms with Crippen LogP contribution in [-0.2, 0) is 0 Å². The molecule has 0 fully saturated rings. The number of halogens is 1. The summed E-state index contributed by atoms with van der Waals surface area (Å²) in [6.07, 6.45) is 3.33. The van der Waals surface area contributed by atoms with Gasteiger partial charge in [-0.15, -0.1) is 10.2 Å². The minimum absolute atomic E-state index is 0.565. The van der Waals surface area contributed by atoms with E-state index in [0.29, 0.717) is 16.1 Å². The molecule has 0 bridgehead atoms. The van der Waals surface area contributed by atoms with Crippen LogP contribution in [0, 0.1) is 6.92 Å². The molecule has 2 aromatic rings. The largest absolute Gasteiger partial charge is 0.336 e. The maximum atomic E-state index is 5.69. The Morgan fingerprint density at radius 2 is 2.00 bits per heavy atom. The molecule has 0 aromatic carbocycles. The van der Waals surface area contributed by atoms with Crippen molar-refractivity contribution in [1.29, 1.82) is 0 Å². The Balaban J connectivity index is 2.22. The maximum Gasteiger partial charge on any atom is 0.217 e. The Labute approximate surface area is 98.4 Å². The van der Waals surface area contributed by atoms with E-state index in [1.54, 1.807) is 19.3 Å². The summed E-state index contributed by atoms with van der Waals surface area (Å²) in [5.74, 6) is 6.33. The molecule has 0 radical (unpaired) electrons. The lowest BCUT2D eigenvalue weighted by Gasteiger charge is -1.99. The van der Waals surface area contributed by atoms with Gasteiger partial charge in [-0.1, -0.05) is 0 Å². The summed E-state index contributed by atoms with van der Waals surface area (Å²) >= 11 is 4.52. The van der Waals surface area contributed by atoms with Crippen LogP contribution in [0.4, 0.5) is 0 Å². The highest BCUT2D eigenvalue weighted by molar-refractivity contribution is 9.10. The molecule has 0 aliphatic heterocycles. The molecule has 8 heteroatoms. The molecule has 0 saturated carbocycles. The lowest BCUT2D eigenvalue weighted by molar-refractivity contribution is 0.818. The molecule has 0 spiro atoms. The van der Waals surface area contributed by atoms with Gasteiger partial charge >= 0.3 is 0 Å². The summed E-state index contributed by atoms with van der Waals surface area (Å²) < 4.78 is 2.23. The van der Waals surface area contributed by atoms with Gasteiger partial charge in [-0.25, -0.2) is 14.6 Å². The van der Waals surface area contributed by atoms with E-state index in [1.165, 1.54) is 16.4 Å². The molecule has 2 rings (SSSR count).